The Kier molecular flexibility index (Phi) is 9.51. The van der Waals surface area contributed by atoms with Gasteiger partial charge in [0.05, 0.1) is 22.0 Å². The molecule has 0 aliphatic carbocycles. The fraction of sp³-hybridized carbons (Fsp3) is 0.179. The van der Waals surface area contributed by atoms with E-state index in [2.05, 4.69) is 55.8 Å². The number of anilines is 1. The van der Waals surface area contributed by atoms with Crippen LogP contribution in [0.25, 0.3) is 10.8 Å². The number of carbonyl (C=O) groups excluding carboxylic acids is 1. The average Bonchev–Trinajstić information content (AvgIpc) is 2.92. The highest BCUT2D eigenvalue weighted by Gasteiger charge is 2.17. The van der Waals surface area contributed by atoms with E-state index < -0.39 is 10.0 Å². The number of carbonyl (C=O) groups is 1. The van der Waals surface area contributed by atoms with Crippen molar-refractivity contribution in [2.75, 3.05) is 11.9 Å². The molecule has 0 atom stereocenters. The summed E-state index contributed by atoms with van der Waals surface area (Å²) >= 11 is 8.80. The number of sulfonamides is 1. The van der Waals surface area contributed by atoms with Gasteiger partial charge in [-0.25, -0.2) is 13.1 Å². The predicted octanol–water partition coefficient (Wildman–Crippen LogP) is 7.61. The van der Waals surface area contributed by atoms with Crippen LogP contribution in [0.5, 0.6) is 11.5 Å². The first-order chi connectivity index (χ1) is 19.9. The molecule has 0 spiro atoms. The SMILES string of the molecule is CCCNS(=O)(=O)c1ccc(/N=N/c2cc(O)c(/N=N/c3c(S)cc4cc(S)cc(NC(C)=O)c4c3O)cc2C)cc1. The van der Waals surface area contributed by atoms with Crippen molar-refractivity contribution < 1.29 is 23.4 Å². The number of nitrogens with one attached hydrogen (secondary N) is 2. The normalized spacial score (nSPS) is 12.0. The lowest BCUT2D eigenvalue weighted by Crippen LogP contribution is -2.24. The van der Waals surface area contributed by atoms with Gasteiger partial charge in [0.2, 0.25) is 15.9 Å². The third-order valence-electron chi connectivity index (χ3n) is 5.97. The zero-order valence-electron chi connectivity index (χ0n) is 22.8. The van der Waals surface area contributed by atoms with Crippen molar-refractivity contribution in [3.8, 4) is 11.5 Å². The Hall–Kier alpha value is -3.98. The monoisotopic (exact) mass is 624 g/mol. The Balaban J connectivity index is 1.60. The summed E-state index contributed by atoms with van der Waals surface area (Å²) in [6, 6.07) is 13.8. The van der Waals surface area contributed by atoms with E-state index in [1.165, 1.54) is 37.3 Å². The molecule has 218 valence electrons. The number of rotatable bonds is 9. The average molecular weight is 625 g/mol. The smallest absolute Gasteiger partial charge is 0.240 e. The maximum Gasteiger partial charge on any atom is 0.240 e. The first-order valence-corrected chi connectivity index (χ1v) is 15.0. The first-order valence-electron chi connectivity index (χ1n) is 12.7. The lowest BCUT2D eigenvalue weighted by Gasteiger charge is -2.13. The predicted molar refractivity (Wildman–Crippen MR) is 168 cm³/mol. The van der Waals surface area contributed by atoms with Gasteiger partial charge in [-0.15, -0.1) is 35.5 Å². The number of benzene rings is 4. The van der Waals surface area contributed by atoms with Crippen LogP contribution in [0.1, 0.15) is 25.8 Å². The topological polar surface area (TPSA) is 165 Å². The fourth-order valence-corrected chi connectivity index (χ4v) is 5.65. The number of azo groups is 2. The number of phenolic OH excluding ortho intramolecular Hbond substituents is 2. The van der Waals surface area contributed by atoms with Crippen LogP contribution in [0.4, 0.5) is 28.4 Å². The van der Waals surface area contributed by atoms with E-state index in [-0.39, 0.29) is 33.7 Å². The van der Waals surface area contributed by atoms with Crippen LogP contribution in [-0.2, 0) is 14.8 Å². The second-order valence-corrected chi connectivity index (χ2v) is 12.0. The molecule has 0 unspecified atom stereocenters. The largest absolute Gasteiger partial charge is 0.506 e. The van der Waals surface area contributed by atoms with E-state index in [0.29, 0.717) is 56.2 Å². The van der Waals surface area contributed by atoms with Crippen molar-refractivity contribution >= 4 is 80.4 Å². The summed E-state index contributed by atoms with van der Waals surface area (Å²) in [7, 11) is -3.59. The van der Waals surface area contributed by atoms with Crippen LogP contribution in [0.3, 0.4) is 0 Å². The second kappa shape index (κ2) is 12.9. The summed E-state index contributed by atoms with van der Waals surface area (Å²) in [6.45, 7) is 5.32. The molecule has 14 heteroatoms. The summed E-state index contributed by atoms with van der Waals surface area (Å²) in [5.41, 5.74) is 1.91. The summed E-state index contributed by atoms with van der Waals surface area (Å²) < 4.78 is 27.0. The van der Waals surface area contributed by atoms with E-state index in [9.17, 15) is 23.4 Å². The minimum Gasteiger partial charge on any atom is -0.506 e. The van der Waals surface area contributed by atoms with Crippen LogP contribution < -0.4 is 10.0 Å². The van der Waals surface area contributed by atoms with Crippen molar-refractivity contribution in [2.45, 2.75) is 41.9 Å². The maximum atomic E-state index is 12.3. The minimum atomic E-state index is -3.59. The molecule has 0 aliphatic heterocycles. The summed E-state index contributed by atoms with van der Waals surface area (Å²) in [4.78, 5) is 12.7. The van der Waals surface area contributed by atoms with E-state index in [1.807, 2.05) is 6.92 Å². The van der Waals surface area contributed by atoms with Crippen molar-refractivity contribution in [3.05, 3.63) is 60.2 Å². The molecule has 0 radical (unpaired) electrons. The number of thiol groups is 2. The molecule has 4 N–H and O–H groups in total. The van der Waals surface area contributed by atoms with Gasteiger partial charge in [-0.1, -0.05) is 6.92 Å². The van der Waals surface area contributed by atoms with Crippen LogP contribution >= 0.6 is 25.3 Å². The van der Waals surface area contributed by atoms with Gasteiger partial charge < -0.3 is 15.5 Å². The highest BCUT2D eigenvalue weighted by atomic mass is 32.2. The maximum absolute atomic E-state index is 12.3. The van der Waals surface area contributed by atoms with E-state index in [4.69, 9.17) is 0 Å². The van der Waals surface area contributed by atoms with Crippen LogP contribution in [0.2, 0.25) is 0 Å². The fourth-order valence-electron chi connectivity index (χ4n) is 3.95. The van der Waals surface area contributed by atoms with Crippen LogP contribution in [-0.4, -0.2) is 31.1 Å². The van der Waals surface area contributed by atoms with Gasteiger partial charge in [-0.05, 0) is 72.8 Å². The number of amides is 1. The zero-order valence-corrected chi connectivity index (χ0v) is 25.4. The molecule has 0 heterocycles. The summed E-state index contributed by atoms with van der Waals surface area (Å²) in [5, 5.41) is 41.8. The standard InChI is InChI=1S/C28H28N6O5S3/c1-4-9-29-42(38,39)20-7-5-18(6-8-20)31-32-21-14-24(36)22(10-15(21)2)33-34-27-25(41)12-17-11-19(40)13-23(30-16(3)35)26(17)28(27)37/h5-8,10-14,29,36-37,40-41H,4,9H2,1-3H3,(H,30,35)/b32-31+,34-33+. The molecule has 11 nitrogen and oxygen atoms in total. The number of hydrogen-bond acceptors (Lipinski definition) is 11. The van der Waals surface area contributed by atoms with Gasteiger partial charge in [-0.3, -0.25) is 4.79 Å². The number of hydrogen-bond donors (Lipinski definition) is 6. The molecule has 42 heavy (non-hydrogen) atoms. The number of fused-ring (bicyclic) bond motifs is 1. The zero-order chi connectivity index (χ0) is 30.6. The van der Waals surface area contributed by atoms with Crippen molar-refractivity contribution in [1.82, 2.24) is 4.72 Å². The summed E-state index contributed by atoms with van der Waals surface area (Å²) in [6.07, 6.45) is 0.679. The van der Waals surface area contributed by atoms with Crippen molar-refractivity contribution in [1.29, 1.82) is 0 Å². The molecular weight excluding hydrogens is 597 g/mol. The minimum absolute atomic E-state index is 0.0422. The lowest BCUT2D eigenvalue weighted by atomic mass is 10.1. The molecule has 4 aromatic rings. The Morgan fingerprint density at radius 1 is 0.929 bits per heavy atom. The molecule has 0 saturated heterocycles. The lowest BCUT2D eigenvalue weighted by molar-refractivity contribution is -0.114. The van der Waals surface area contributed by atoms with Crippen LogP contribution in [0, 0.1) is 6.92 Å². The van der Waals surface area contributed by atoms with Gasteiger partial charge in [0, 0.05) is 34.7 Å². The van der Waals surface area contributed by atoms with Crippen molar-refractivity contribution in [3.63, 3.8) is 0 Å². The molecule has 4 aromatic carbocycles. The number of aryl methyl sites for hydroxylation is 1. The van der Waals surface area contributed by atoms with Gasteiger partial charge in [0.15, 0.2) is 5.75 Å². The number of nitrogens with zero attached hydrogens (tertiary/aromatic N) is 4. The molecule has 0 aliphatic rings. The summed E-state index contributed by atoms with van der Waals surface area (Å²) in [5.74, 6) is -0.809. The van der Waals surface area contributed by atoms with E-state index >= 15 is 0 Å². The van der Waals surface area contributed by atoms with Gasteiger partial charge in [-0.2, -0.15) is 10.2 Å². The Morgan fingerprint density at radius 2 is 1.62 bits per heavy atom. The molecule has 0 bridgehead atoms. The van der Waals surface area contributed by atoms with Gasteiger partial charge in [0.1, 0.15) is 17.1 Å². The molecule has 4 rings (SSSR count). The van der Waals surface area contributed by atoms with E-state index in [0.717, 1.165) is 0 Å². The first kappa shape index (κ1) is 31.0. The Bertz CT molecular complexity index is 1840. The molecule has 0 aromatic heterocycles. The van der Waals surface area contributed by atoms with Gasteiger partial charge in [0.25, 0.3) is 0 Å². The third kappa shape index (κ3) is 7.07. The number of aromatic hydroxyl groups is 2. The quantitative estimate of drug-likeness (QED) is 0.0832. The van der Waals surface area contributed by atoms with E-state index in [1.54, 1.807) is 31.2 Å². The molecule has 0 fully saturated rings. The Morgan fingerprint density at radius 3 is 2.29 bits per heavy atom. The third-order valence-corrected chi connectivity index (χ3v) is 8.05. The van der Waals surface area contributed by atoms with Crippen LogP contribution in [0.15, 0.2) is 89.7 Å². The number of phenols is 2. The molecule has 1 amide bonds. The second-order valence-electron chi connectivity index (χ2n) is 9.28. The highest BCUT2D eigenvalue weighted by Crippen LogP contribution is 2.45. The molecular formula is C28H28N6O5S3. The Labute approximate surface area is 253 Å². The van der Waals surface area contributed by atoms with Gasteiger partial charge >= 0.3 is 0 Å². The molecule has 0 saturated carbocycles. The van der Waals surface area contributed by atoms with Crippen molar-refractivity contribution in [2.24, 2.45) is 20.5 Å². The highest BCUT2D eigenvalue weighted by molar-refractivity contribution is 7.89.